The van der Waals surface area contributed by atoms with E-state index in [1.165, 1.54) is 22.3 Å². The summed E-state index contributed by atoms with van der Waals surface area (Å²) in [6, 6.07) is 35.0. The normalized spacial score (nSPS) is 7.00. The highest BCUT2D eigenvalue weighted by molar-refractivity contribution is 5.63. The SMILES string of the molecule is CC.CC.CC.CC.CC.CC.CC.Cc1ccc(-c2ccccc2)cc1.Cc1ccccc1.c1ccncc1. The second-order valence-electron chi connectivity index (χ2n) is 5.91. The van der Waals surface area contributed by atoms with E-state index in [9.17, 15) is 0 Å². The molecular formula is C39H67N. The summed E-state index contributed by atoms with van der Waals surface area (Å²) in [5, 5.41) is 0. The van der Waals surface area contributed by atoms with Crippen LogP contribution < -0.4 is 0 Å². The fourth-order valence-electron chi connectivity index (χ4n) is 2.22. The molecule has 0 radical (unpaired) electrons. The maximum Gasteiger partial charge on any atom is 0.0267 e. The van der Waals surface area contributed by atoms with Crippen LogP contribution in [0.25, 0.3) is 11.1 Å². The van der Waals surface area contributed by atoms with Gasteiger partial charge in [-0.3, -0.25) is 4.98 Å². The number of benzene rings is 3. The minimum absolute atomic E-state index is 1.28. The van der Waals surface area contributed by atoms with Crippen molar-refractivity contribution < 1.29 is 0 Å². The van der Waals surface area contributed by atoms with Crippen LogP contribution in [-0.2, 0) is 0 Å². The molecule has 0 amide bonds. The van der Waals surface area contributed by atoms with Gasteiger partial charge >= 0.3 is 0 Å². The maximum absolute atomic E-state index is 3.78. The largest absolute Gasteiger partial charge is 0.265 e. The zero-order valence-corrected chi connectivity index (χ0v) is 29.4. The van der Waals surface area contributed by atoms with E-state index in [0.717, 1.165) is 0 Å². The molecule has 0 atom stereocenters. The molecule has 1 nitrogen and oxygen atoms in total. The van der Waals surface area contributed by atoms with Crippen LogP contribution in [0.1, 0.15) is 108 Å². The Balaban J connectivity index is -0.0000000928. The van der Waals surface area contributed by atoms with Crippen molar-refractivity contribution in [2.75, 3.05) is 0 Å². The van der Waals surface area contributed by atoms with Crippen LogP contribution in [0, 0.1) is 13.8 Å². The average Bonchev–Trinajstić information content (AvgIpc) is 3.10. The second-order valence-corrected chi connectivity index (χ2v) is 5.91. The molecule has 0 aliphatic rings. The summed E-state index contributed by atoms with van der Waals surface area (Å²) in [5.41, 5.74) is 5.19. The van der Waals surface area contributed by atoms with Gasteiger partial charge in [0.2, 0.25) is 0 Å². The van der Waals surface area contributed by atoms with E-state index in [1.807, 2.05) is 139 Å². The number of rotatable bonds is 1. The minimum atomic E-state index is 1.28. The molecule has 1 aromatic heterocycles. The van der Waals surface area contributed by atoms with Gasteiger partial charge in [-0.2, -0.15) is 0 Å². The summed E-state index contributed by atoms with van der Waals surface area (Å²) in [6.45, 7) is 32.2. The van der Waals surface area contributed by atoms with Gasteiger partial charge in [0, 0.05) is 12.4 Å². The first-order valence-corrected chi connectivity index (χ1v) is 15.7. The summed E-state index contributed by atoms with van der Waals surface area (Å²) in [5.74, 6) is 0. The zero-order valence-electron chi connectivity index (χ0n) is 29.4. The van der Waals surface area contributed by atoms with Crippen LogP contribution in [0.2, 0.25) is 0 Å². The number of aromatic nitrogens is 1. The van der Waals surface area contributed by atoms with Crippen LogP contribution in [0.4, 0.5) is 0 Å². The Morgan fingerprint density at radius 1 is 0.300 bits per heavy atom. The Labute approximate surface area is 253 Å². The quantitative estimate of drug-likeness (QED) is 0.230. The highest BCUT2D eigenvalue weighted by atomic mass is 14.6. The zero-order chi connectivity index (χ0) is 32.5. The van der Waals surface area contributed by atoms with Crippen molar-refractivity contribution in [1.82, 2.24) is 4.98 Å². The lowest BCUT2D eigenvalue weighted by molar-refractivity contribution is 1.33. The van der Waals surface area contributed by atoms with Crippen LogP contribution in [0.15, 0.2) is 116 Å². The molecule has 0 aliphatic heterocycles. The lowest BCUT2D eigenvalue weighted by Crippen LogP contribution is -1.76. The third-order valence-electron chi connectivity index (χ3n) is 3.67. The highest BCUT2D eigenvalue weighted by Gasteiger charge is 1.93. The van der Waals surface area contributed by atoms with E-state index in [1.54, 1.807) is 12.4 Å². The van der Waals surface area contributed by atoms with Crippen LogP contribution in [0.5, 0.6) is 0 Å². The Bertz CT molecular complexity index is 797. The molecule has 4 aromatic rings. The van der Waals surface area contributed by atoms with E-state index in [0.29, 0.717) is 0 Å². The lowest BCUT2D eigenvalue weighted by Gasteiger charge is -2.00. The molecule has 0 unspecified atom stereocenters. The standard InChI is InChI=1S/C13H12.C7H8.C5H5N.7C2H6/c1-11-7-9-13(10-8-11)12-5-3-2-4-6-12;1-7-5-3-2-4-6-7;1-2-4-6-5-3-1;7*1-2/h2-10H,1H3;2-6H,1H3;1-5H;7*1-2H3. The first-order chi connectivity index (χ1) is 19.8. The van der Waals surface area contributed by atoms with Gasteiger partial charge in [-0.15, -0.1) is 0 Å². The predicted octanol–water partition coefficient (Wildman–Crippen LogP) is 13.9. The molecular weight excluding hydrogens is 482 g/mol. The van der Waals surface area contributed by atoms with Gasteiger partial charge in [-0.1, -0.05) is 199 Å². The highest BCUT2D eigenvalue weighted by Crippen LogP contribution is 2.18. The molecule has 40 heavy (non-hydrogen) atoms. The van der Waals surface area contributed by atoms with Gasteiger partial charge in [0.1, 0.15) is 0 Å². The summed E-state index contributed by atoms with van der Waals surface area (Å²) < 4.78 is 0. The van der Waals surface area contributed by atoms with E-state index in [2.05, 4.69) is 79.5 Å². The van der Waals surface area contributed by atoms with E-state index in [4.69, 9.17) is 0 Å². The third kappa shape index (κ3) is 37.0. The third-order valence-corrected chi connectivity index (χ3v) is 3.67. The molecule has 1 heteroatoms. The Kier molecular flexibility index (Phi) is 65.0. The smallest absolute Gasteiger partial charge is 0.0267 e. The molecule has 3 aromatic carbocycles. The topological polar surface area (TPSA) is 12.9 Å². The number of pyridine rings is 1. The maximum atomic E-state index is 3.78. The van der Waals surface area contributed by atoms with Crippen molar-refractivity contribution >= 4 is 0 Å². The van der Waals surface area contributed by atoms with Gasteiger partial charge in [0.15, 0.2) is 0 Å². The summed E-state index contributed by atoms with van der Waals surface area (Å²) >= 11 is 0. The van der Waals surface area contributed by atoms with Gasteiger partial charge in [0.05, 0.1) is 0 Å². The van der Waals surface area contributed by atoms with Crippen molar-refractivity contribution in [3.8, 4) is 11.1 Å². The predicted molar refractivity (Wildman–Crippen MR) is 191 cm³/mol. The second kappa shape index (κ2) is 52.3. The van der Waals surface area contributed by atoms with Crippen molar-refractivity contribution in [3.63, 3.8) is 0 Å². The number of hydrogen-bond donors (Lipinski definition) is 0. The molecule has 0 aliphatic carbocycles. The van der Waals surface area contributed by atoms with E-state index < -0.39 is 0 Å². The summed E-state index contributed by atoms with van der Waals surface area (Å²) in [4.78, 5) is 3.78. The van der Waals surface area contributed by atoms with Crippen molar-refractivity contribution in [2.24, 2.45) is 0 Å². The molecule has 0 fully saturated rings. The fourth-order valence-corrected chi connectivity index (χ4v) is 2.22. The molecule has 0 spiro atoms. The van der Waals surface area contributed by atoms with Gasteiger partial charge in [-0.05, 0) is 37.1 Å². The summed E-state index contributed by atoms with van der Waals surface area (Å²) in [7, 11) is 0. The van der Waals surface area contributed by atoms with E-state index in [-0.39, 0.29) is 0 Å². The Hall–Kier alpha value is -3.19. The van der Waals surface area contributed by atoms with Gasteiger partial charge in [-0.25, -0.2) is 0 Å². The molecule has 0 saturated heterocycles. The van der Waals surface area contributed by atoms with Crippen molar-refractivity contribution in [3.05, 3.63) is 127 Å². The summed E-state index contributed by atoms with van der Waals surface area (Å²) in [6.07, 6.45) is 3.50. The van der Waals surface area contributed by atoms with Crippen LogP contribution in [-0.4, -0.2) is 4.98 Å². The van der Waals surface area contributed by atoms with Gasteiger partial charge < -0.3 is 0 Å². The number of aryl methyl sites for hydroxylation is 2. The Morgan fingerprint density at radius 2 is 0.575 bits per heavy atom. The van der Waals surface area contributed by atoms with E-state index >= 15 is 0 Å². The van der Waals surface area contributed by atoms with Crippen molar-refractivity contribution in [2.45, 2.75) is 111 Å². The Morgan fingerprint density at radius 3 is 0.825 bits per heavy atom. The first kappa shape index (κ1) is 49.7. The molecule has 0 bridgehead atoms. The van der Waals surface area contributed by atoms with Crippen LogP contribution in [0.3, 0.4) is 0 Å². The fraction of sp³-hybridized carbons (Fsp3) is 0.410. The van der Waals surface area contributed by atoms with Crippen molar-refractivity contribution in [1.29, 1.82) is 0 Å². The minimum Gasteiger partial charge on any atom is -0.265 e. The molecule has 0 saturated carbocycles. The molecule has 0 N–H and O–H groups in total. The number of hydrogen-bond acceptors (Lipinski definition) is 1. The first-order valence-electron chi connectivity index (χ1n) is 15.7. The molecule has 4 rings (SSSR count). The lowest BCUT2D eigenvalue weighted by atomic mass is 10.0. The number of nitrogens with zero attached hydrogens (tertiary/aromatic N) is 1. The van der Waals surface area contributed by atoms with Gasteiger partial charge in [0.25, 0.3) is 0 Å². The van der Waals surface area contributed by atoms with Crippen LogP contribution >= 0.6 is 0 Å². The molecule has 1 heterocycles. The molecule has 228 valence electrons. The average molecular weight is 550 g/mol. The monoisotopic (exact) mass is 550 g/mol.